The maximum Gasteiger partial charge on any atom is 0.256 e. The molecule has 1 saturated heterocycles. The number of carbonyl (C=O) groups excluding carboxylic acids is 2. The molecular weight excluding hydrogens is 278 g/mol. The number of nitrogens with one attached hydrogen (secondary N) is 1. The number of hydrogen-bond acceptors (Lipinski definition) is 3. The number of carbonyl (C=O) groups is 2. The molecule has 1 aliphatic heterocycles. The summed E-state index contributed by atoms with van der Waals surface area (Å²) in [5.41, 5.74) is 6.58. The molecule has 0 saturated carbocycles. The molecule has 5 nitrogen and oxygen atoms in total. The summed E-state index contributed by atoms with van der Waals surface area (Å²) in [6.45, 7) is 2.65. The first kappa shape index (κ1) is 14.7. The minimum atomic E-state index is -0.139. The zero-order chi connectivity index (χ0) is 14.7. The van der Waals surface area contributed by atoms with Gasteiger partial charge < -0.3 is 16.0 Å². The van der Waals surface area contributed by atoms with Crippen molar-refractivity contribution in [2.24, 2.45) is 0 Å². The van der Waals surface area contributed by atoms with Gasteiger partial charge in [-0.1, -0.05) is 17.7 Å². The van der Waals surface area contributed by atoms with Crippen LogP contribution >= 0.6 is 11.6 Å². The van der Waals surface area contributed by atoms with Crippen molar-refractivity contribution in [3.8, 4) is 0 Å². The predicted octanol–water partition coefficient (Wildman–Crippen LogP) is 1.66. The minimum Gasteiger partial charge on any atom is -0.397 e. The Morgan fingerprint density at radius 1 is 1.45 bits per heavy atom. The first-order valence-corrected chi connectivity index (χ1v) is 6.97. The number of piperidine rings is 1. The van der Waals surface area contributed by atoms with Gasteiger partial charge in [-0.25, -0.2) is 0 Å². The average Bonchev–Trinajstić information content (AvgIpc) is 2.41. The maximum absolute atomic E-state index is 12.5. The van der Waals surface area contributed by atoms with Crippen molar-refractivity contribution in [3.63, 3.8) is 0 Å². The number of rotatable bonds is 2. The van der Waals surface area contributed by atoms with Crippen LogP contribution < -0.4 is 11.1 Å². The van der Waals surface area contributed by atoms with Gasteiger partial charge in [-0.2, -0.15) is 0 Å². The van der Waals surface area contributed by atoms with E-state index in [0.29, 0.717) is 29.4 Å². The van der Waals surface area contributed by atoms with Gasteiger partial charge in [-0.3, -0.25) is 9.59 Å². The zero-order valence-corrected chi connectivity index (χ0v) is 12.1. The highest BCUT2D eigenvalue weighted by molar-refractivity contribution is 6.33. The predicted molar refractivity (Wildman–Crippen MR) is 78.6 cm³/mol. The summed E-state index contributed by atoms with van der Waals surface area (Å²) in [5, 5.41) is 3.23. The maximum atomic E-state index is 12.5. The first-order chi connectivity index (χ1) is 9.49. The fraction of sp³-hybridized carbons (Fsp3) is 0.429. The second-order valence-corrected chi connectivity index (χ2v) is 5.40. The summed E-state index contributed by atoms with van der Waals surface area (Å²) >= 11 is 5.94. The third-order valence-electron chi connectivity index (χ3n) is 3.40. The Labute approximate surface area is 123 Å². The van der Waals surface area contributed by atoms with Crippen molar-refractivity contribution in [1.82, 2.24) is 10.2 Å². The van der Waals surface area contributed by atoms with Crippen LogP contribution in [0.3, 0.4) is 0 Å². The molecule has 0 bridgehead atoms. The van der Waals surface area contributed by atoms with Gasteiger partial charge in [0.25, 0.3) is 5.91 Å². The number of halogens is 1. The van der Waals surface area contributed by atoms with E-state index in [1.165, 1.54) is 6.92 Å². The van der Waals surface area contributed by atoms with Crippen LogP contribution in [0.1, 0.15) is 30.1 Å². The Morgan fingerprint density at radius 2 is 2.20 bits per heavy atom. The molecule has 20 heavy (non-hydrogen) atoms. The smallest absolute Gasteiger partial charge is 0.256 e. The van der Waals surface area contributed by atoms with Crippen molar-refractivity contribution < 1.29 is 9.59 Å². The first-order valence-electron chi connectivity index (χ1n) is 6.59. The van der Waals surface area contributed by atoms with Crippen LogP contribution in [0.5, 0.6) is 0 Å². The van der Waals surface area contributed by atoms with Crippen LogP contribution in [-0.2, 0) is 4.79 Å². The number of benzene rings is 1. The summed E-state index contributed by atoms with van der Waals surface area (Å²) in [5.74, 6) is -0.216. The lowest BCUT2D eigenvalue weighted by molar-refractivity contribution is -0.120. The highest BCUT2D eigenvalue weighted by Gasteiger charge is 2.26. The van der Waals surface area contributed by atoms with Gasteiger partial charge in [0.05, 0.1) is 16.3 Å². The van der Waals surface area contributed by atoms with E-state index < -0.39 is 0 Å². The lowest BCUT2D eigenvalue weighted by Gasteiger charge is -2.33. The van der Waals surface area contributed by atoms with Crippen molar-refractivity contribution in [2.75, 3.05) is 18.8 Å². The third-order valence-corrected chi connectivity index (χ3v) is 3.73. The molecule has 1 aromatic carbocycles. The molecule has 1 atom stereocenters. The van der Waals surface area contributed by atoms with Crippen LogP contribution in [0.2, 0.25) is 5.02 Å². The van der Waals surface area contributed by atoms with Crippen molar-refractivity contribution in [2.45, 2.75) is 25.8 Å². The number of nitrogens with zero attached hydrogens (tertiary/aromatic N) is 1. The SMILES string of the molecule is CC(=O)NC1CCCN(C(=O)c2cccc(Cl)c2N)C1. The van der Waals surface area contributed by atoms with Gasteiger partial charge in [-0.05, 0) is 25.0 Å². The summed E-state index contributed by atoms with van der Waals surface area (Å²) in [6, 6.07) is 5.04. The van der Waals surface area contributed by atoms with Gasteiger partial charge >= 0.3 is 0 Å². The lowest BCUT2D eigenvalue weighted by Crippen LogP contribution is -2.49. The second-order valence-electron chi connectivity index (χ2n) is 4.99. The van der Waals surface area contributed by atoms with Crippen molar-refractivity contribution in [3.05, 3.63) is 28.8 Å². The molecule has 2 rings (SSSR count). The summed E-state index contributed by atoms with van der Waals surface area (Å²) in [4.78, 5) is 25.3. The van der Waals surface area contributed by atoms with E-state index in [4.69, 9.17) is 17.3 Å². The Hall–Kier alpha value is -1.75. The van der Waals surface area contributed by atoms with Crippen LogP contribution in [0.25, 0.3) is 0 Å². The van der Waals surface area contributed by atoms with Gasteiger partial charge in [0.2, 0.25) is 5.91 Å². The van der Waals surface area contributed by atoms with Crippen LogP contribution in [-0.4, -0.2) is 35.8 Å². The summed E-state index contributed by atoms with van der Waals surface area (Å²) in [6.07, 6.45) is 1.74. The molecule has 1 aromatic rings. The zero-order valence-electron chi connectivity index (χ0n) is 11.4. The van der Waals surface area contributed by atoms with Gasteiger partial charge in [-0.15, -0.1) is 0 Å². The van der Waals surface area contributed by atoms with E-state index in [1.54, 1.807) is 23.1 Å². The molecule has 108 valence electrons. The Bertz CT molecular complexity index is 533. The van der Waals surface area contributed by atoms with E-state index in [0.717, 1.165) is 12.8 Å². The molecular formula is C14H18ClN3O2. The summed E-state index contributed by atoms with van der Waals surface area (Å²) in [7, 11) is 0. The van der Waals surface area contributed by atoms with E-state index in [1.807, 2.05) is 0 Å². The molecule has 1 fully saturated rings. The number of hydrogen-bond donors (Lipinski definition) is 2. The standard InChI is InChI=1S/C14H18ClN3O2/c1-9(19)17-10-4-3-7-18(8-10)14(20)11-5-2-6-12(15)13(11)16/h2,5-6,10H,3-4,7-8,16H2,1H3,(H,17,19). The normalized spacial score (nSPS) is 18.7. The van der Waals surface area contributed by atoms with Crippen LogP contribution in [0.15, 0.2) is 18.2 Å². The topological polar surface area (TPSA) is 75.4 Å². The van der Waals surface area contributed by atoms with Gasteiger partial charge in [0, 0.05) is 26.1 Å². The second kappa shape index (κ2) is 6.13. The van der Waals surface area contributed by atoms with E-state index in [-0.39, 0.29) is 17.9 Å². The number of anilines is 1. The van der Waals surface area contributed by atoms with Gasteiger partial charge in [0.1, 0.15) is 0 Å². The molecule has 1 aliphatic rings. The van der Waals surface area contributed by atoms with E-state index in [9.17, 15) is 9.59 Å². The Balaban J connectivity index is 2.12. The molecule has 3 N–H and O–H groups in total. The largest absolute Gasteiger partial charge is 0.397 e. The number of nitrogen functional groups attached to an aromatic ring is 1. The number of likely N-dealkylation sites (tertiary alicyclic amines) is 1. The molecule has 0 radical (unpaired) electrons. The molecule has 2 amide bonds. The number of nitrogens with two attached hydrogens (primary N) is 1. The highest BCUT2D eigenvalue weighted by atomic mass is 35.5. The quantitative estimate of drug-likeness (QED) is 0.815. The monoisotopic (exact) mass is 295 g/mol. The number of amides is 2. The molecule has 0 spiro atoms. The van der Waals surface area contributed by atoms with E-state index >= 15 is 0 Å². The lowest BCUT2D eigenvalue weighted by atomic mass is 10.0. The Kier molecular flexibility index (Phi) is 4.49. The van der Waals surface area contributed by atoms with E-state index in [2.05, 4.69) is 5.32 Å². The highest BCUT2D eigenvalue weighted by Crippen LogP contribution is 2.24. The number of para-hydroxylation sites is 1. The molecule has 1 unspecified atom stereocenters. The minimum absolute atomic E-state index is 0.00519. The molecule has 0 aliphatic carbocycles. The van der Waals surface area contributed by atoms with Gasteiger partial charge in [0.15, 0.2) is 0 Å². The fourth-order valence-electron chi connectivity index (χ4n) is 2.46. The van der Waals surface area contributed by atoms with Crippen LogP contribution in [0.4, 0.5) is 5.69 Å². The third kappa shape index (κ3) is 3.22. The molecule has 6 heteroatoms. The Morgan fingerprint density at radius 3 is 2.90 bits per heavy atom. The fourth-order valence-corrected chi connectivity index (χ4v) is 2.64. The average molecular weight is 296 g/mol. The van der Waals surface area contributed by atoms with Crippen molar-refractivity contribution >= 4 is 29.1 Å². The summed E-state index contributed by atoms with van der Waals surface area (Å²) < 4.78 is 0. The van der Waals surface area contributed by atoms with Crippen molar-refractivity contribution in [1.29, 1.82) is 0 Å². The van der Waals surface area contributed by atoms with Crippen LogP contribution in [0, 0.1) is 0 Å². The molecule has 1 heterocycles. The molecule has 0 aromatic heterocycles.